The van der Waals surface area contributed by atoms with Gasteiger partial charge < -0.3 is 9.80 Å². The number of quaternary nitrogens is 1. The van der Waals surface area contributed by atoms with Gasteiger partial charge in [-0.3, -0.25) is 14.5 Å². The Kier molecular flexibility index (Phi) is 5.97. The predicted octanol–water partition coefficient (Wildman–Crippen LogP) is 1.45. The quantitative estimate of drug-likeness (QED) is 0.733. The lowest BCUT2D eigenvalue weighted by atomic mass is 10.1. The van der Waals surface area contributed by atoms with Crippen molar-refractivity contribution in [2.75, 3.05) is 32.7 Å². The molecule has 2 aliphatic heterocycles. The lowest BCUT2D eigenvalue weighted by Gasteiger charge is -2.33. The maximum Gasteiger partial charge on any atom is 0.278 e. The fourth-order valence-corrected chi connectivity index (χ4v) is 4.31. The van der Waals surface area contributed by atoms with Gasteiger partial charge in [-0.25, -0.2) is 0 Å². The second kappa shape index (κ2) is 8.80. The first-order chi connectivity index (χ1) is 14.1. The molecule has 1 fully saturated rings. The van der Waals surface area contributed by atoms with Crippen LogP contribution >= 0.6 is 11.6 Å². The number of hydrogen-bond acceptors (Lipinski definition) is 3. The van der Waals surface area contributed by atoms with E-state index in [9.17, 15) is 9.59 Å². The topological polar surface area (TPSA) is 45.1 Å². The average molecular weight is 411 g/mol. The molecule has 6 heteroatoms. The highest BCUT2D eigenvalue weighted by Crippen LogP contribution is 2.27. The minimum absolute atomic E-state index is 0.0644. The highest BCUT2D eigenvalue weighted by Gasteiger charge is 2.41. The number of rotatable bonds is 6. The molecular weight excluding hydrogens is 386 g/mol. The summed E-state index contributed by atoms with van der Waals surface area (Å²) >= 11 is 6.32. The van der Waals surface area contributed by atoms with E-state index in [-0.39, 0.29) is 16.8 Å². The van der Waals surface area contributed by atoms with Crippen molar-refractivity contribution in [1.29, 1.82) is 0 Å². The lowest BCUT2D eigenvalue weighted by molar-refractivity contribution is -0.917. The van der Waals surface area contributed by atoms with Gasteiger partial charge in [-0.2, -0.15) is 0 Å². The summed E-state index contributed by atoms with van der Waals surface area (Å²) in [5.41, 5.74) is 2.78. The van der Waals surface area contributed by atoms with Gasteiger partial charge in [0.2, 0.25) is 0 Å². The molecule has 0 atom stereocenters. The molecule has 0 bridgehead atoms. The molecule has 29 heavy (non-hydrogen) atoms. The van der Waals surface area contributed by atoms with Crippen LogP contribution in [0.3, 0.4) is 0 Å². The number of carbonyl (C=O) groups is 2. The molecule has 2 aromatic rings. The predicted molar refractivity (Wildman–Crippen MR) is 112 cm³/mol. The molecule has 2 amide bonds. The van der Waals surface area contributed by atoms with E-state index in [1.54, 1.807) is 0 Å². The highest BCUT2D eigenvalue weighted by molar-refractivity contribution is 6.47. The van der Waals surface area contributed by atoms with Gasteiger partial charge in [0.1, 0.15) is 17.3 Å². The van der Waals surface area contributed by atoms with E-state index in [1.807, 2.05) is 41.3 Å². The Morgan fingerprint density at radius 2 is 1.41 bits per heavy atom. The number of halogens is 1. The van der Waals surface area contributed by atoms with E-state index in [0.29, 0.717) is 18.7 Å². The molecule has 2 aromatic carbocycles. The van der Waals surface area contributed by atoms with Crippen LogP contribution in [-0.4, -0.2) is 54.3 Å². The van der Waals surface area contributed by atoms with Crippen LogP contribution in [-0.2, 0) is 22.6 Å². The minimum Gasteiger partial charge on any atom is -0.354 e. The number of benzene rings is 2. The molecule has 0 radical (unpaired) electrons. The molecule has 150 valence electrons. The summed E-state index contributed by atoms with van der Waals surface area (Å²) in [6.07, 6.45) is 0.630. The van der Waals surface area contributed by atoms with Gasteiger partial charge in [0.25, 0.3) is 11.8 Å². The molecule has 2 aliphatic rings. The summed E-state index contributed by atoms with van der Waals surface area (Å²) in [7, 11) is 0. The molecule has 0 spiro atoms. The van der Waals surface area contributed by atoms with Crippen molar-refractivity contribution in [2.24, 2.45) is 0 Å². The van der Waals surface area contributed by atoms with E-state index in [0.717, 1.165) is 38.3 Å². The van der Waals surface area contributed by atoms with Crippen molar-refractivity contribution in [3.8, 4) is 0 Å². The molecule has 5 nitrogen and oxygen atoms in total. The summed E-state index contributed by atoms with van der Waals surface area (Å²) < 4.78 is 0. The molecule has 0 aliphatic carbocycles. The van der Waals surface area contributed by atoms with Gasteiger partial charge in [0.05, 0.1) is 26.2 Å². The van der Waals surface area contributed by atoms with E-state index < -0.39 is 0 Å². The van der Waals surface area contributed by atoms with Crippen molar-refractivity contribution < 1.29 is 14.5 Å². The zero-order chi connectivity index (χ0) is 20.2. The standard InChI is InChI=1S/C23H24ClN3O2/c24-20-21(23(29)27(22(20)28)12-11-18-7-3-1-4-8-18)26-15-13-25(14-16-26)17-19-9-5-2-6-10-19/h1-10H,11-17H2/p+1. The SMILES string of the molecule is O=C1C(Cl)=C(N2CC[NH+](Cc3ccccc3)CC2)C(=O)N1CCc1ccccc1. The first-order valence-corrected chi connectivity index (χ1v) is 10.4. The molecular formula is C23H25ClN3O2+. The van der Waals surface area contributed by atoms with Crippen LogP contribution in [0.5, 0.6) is 0 Å². The van der Waals surface area contributed by atoms with Crippen molar-refractivity contribution in [3.63, 3.8) is 0 Å². The van der Waals surface area contributed by atoms with Crippen molar-refractivity contribution in [1.82, 2.24) is 9.80 Å². The second-order valence-electron chi connectivity index (χ2n) is 7.56. The summed E-state index contributed by atoms with van der Waals surface area (Å²) in [6.45, 7) is 4.58. The third kappa shape index (κ3) is 4.36. The lowest BCUT2D eigenvalue weighted by Crippen LogP contribution is -3.13. The minimum atomic E-state index is -0.373. The fraction of sp³-hybridized carbons (Fsp3) is 0.304. The zero-order valence-corrected chi connectivity index (χ0v) is 17.1. The average Bonchev–Trinajstić information content (AvgIpc) is 2.97. The Bertz CT molecular complexity index is 906. The number of nitrogens with one attached hydrogen (secondary N) is 1. The van der Waals surface area contributed by atoms with Crippen molar-refractivity contribution in [3.05, 3.63) is 82.5 Å². The monoisotopic (exact) mass is 410 g/mol. The number of imide groups is 1. The van der Waals surface area contributed by atoms with Gasteiger partial charge in [0.15, 0.2) is 0 Å². The number of piperazine rings is 1. The van der Waals surface area contributed by atoms with E-state index in [2.05, 4.69) is 24.3 Å². The smallest absolute Gasteiger partial charge is 0.278 e. The van der Waals surface area contributed by atoms with E-state index in [1.165, 1.54) is 15.4 Å². The largest absolute Gasteiger partial charge is 0.354 e. The Morgan fingerprint density at radius 1 is 0.828 bits per heavy atom. The maximum absolute atomic E-state index is 12.9. The van der Waals surface area contributed by atoms with Crippen LogP contribution in [0.25, 0.3) is 0 Å². The zero-order valence-electron chi connectivity index (χ0n) is 16.3. The first-order valence-electron chi connectivity index (χ1n) is 10.1. The summed E-state index contributed by atoms with van der Waals surface area (Å²) in [5.74, 6) is -0.635. The molecule has 0 saturated carbocycles. The van der Waals surface area contributed by atoms with Crippen LogP contribution in [0.15, 0.2) is 71.4 Å². The third-order valence-electron chi connectivity index (χ3n) is 5.64. The van der Waals surface area contributed by atoms with Crippen LogP contribution in [0.1, 0.15) is 11.1 Å². The Hall–Kier alpha value is -2.63. The molecule has 0 unspecified atom stereocenters. The van der Waals surface area contributed by atoms with Crippen molar-refractivity contribution >= 4 is 23.4 Å². The van der Waals surface area contributed by atoms with Crippen LogP contribution < -0.4 is 4.90 Å². The fourth-order valence-electron chi connectivity index (χ4n) is 4.00. The number of nitrogens with zero attached hydrogens (tertiary/aromatic N) is 2. The van der Waals surface area contributed by atoms with Gasteiger partial charge in [-0.15, -0.1) is 0 Å². The van der Waals surface area contributed by atoms with Gasteiger partial charge in [-0.05, 0) is 12.0 Å². The Morgan fingerprint density at radius 3 is 2.03 bits per heavy atom. The molecule has 4 rings (SSSR count). The van der Waals surface area contributed by atoms with Gasteiger partial charge in [0, 0.05) is 12.1 Å². The van der Waals surface area contributed by atoms with Gasteiger partial charge in [-0.1, -0.05) is 72.3 Å². The van der Waals surface area contributed by atoms with Crippen LogP contribution in [0, 0.1) is 0 Å². The number of carbonyl (C=O) groups excluding carboxylic acids is 2. The van der Waals surface area contributed by atoms with Crippen molar-refractivity contribution in [2.45, 2.75) is 13.0 Å². The second-order valence-corrected chi connectivity index (χ2v) is 7.94. The first kappa shape index (κ1) is 19.7. The van der Waals surface area contributed by atoms with Gasteiger partial charge >= 0.3 is 0 Å². The normalized spacial score (nSPS) is 18.1. The molecule has 1 N–H and O–H groups in total. The third-order valence-corrected chi connectivity index (χ3v) is 5.98. The molecule has 2 heterocycles. The van der Waals surface area contributed by atoms with Crippen LogP contribution in [0.4, 0.5) is 0 Å². The number of amides is 2. The Labute approximate surface area is 176 Å². The Balaban J connectivity index is 1.36. The molecule has 0 aromatic heterocycles. The van der Waals surface area contributed by atoms with Crippen LogP contribution in [0.2, 0.25) is 0 Å². The maximum atomic E-state index is 12.9. The molecule has 1 saturated heterocycles. The highest BCUT2D eigenvalue weighted by atomic mass is 35.5. The number of hydrogen-bond donors (Lipinski definition) is 1. The summed E-state index contributed by atoms with van der Waals surface area (Å²) in [4.78, 5) is 30.3. The summed E-state index contributed by atoms with van der Waals surface area (Å²) in [5, 5.41) is 0.0644. The summed E-state index contributed by atoms with van der Waals surface area (Å²) in [6, 6.07) is 20.3. The van der Waals surface area contributed by atoms with E-state index in [4.69, 9.17) is 11.6 Å². The van der Waals surface area contributed by atoms with E-state index >= 15 is 0 Å².